The summed E-state index contributed by atoms with van der Waals surface area (Å²) < 4.78 is 27.4. The summed E-state index contributed by atoms with van der Waals surface area (Å²) >= 11 is 5.58. The molecule has 0 aromatic carbocycles. The first-order chi connectivity index (χ1) is 7.89. The Morgan fingerprint density at radius 1 is 1.29 bits per heavy atom. The summed E-state index contributed by atoms with van der Waals surface area (Å²) in [4.78, 5) is 0. The van der Waals surface area contributed by atoms with E-state index in [4.69, 9.17) is 11.6 Å². The fourth-order valence-corrected chi connectivity index (χ4v) is 3.10. The van der Waals surface area contributed by atoms with Crippen molar-refractivity contribution in [3.8, 4) is 0 Å². The second kappa shape index (κ2) is 8.29. The summed E-state index contributed by atoms with van der Waals surface area (Å²) in [7, 11) is -1.71. The van der Waals surface area contributed by atoms with Crippen LogP contribution in [0, 0.1) is 5.92 Å². The van der Waals surface area contributed by atoms with Crippen LogP contribution in [0.4, 0.5) is 0 Å². The molecule has 0 heterocycles. The number of nitrogens with zero attached hydrogens (tertiary/aromatic N) is 2. The fourth-order valence-electron chi connectivity index (χ4n) is 1.46. The van der Waals surface area contributed by atoms with Crippen molar-refractivity contribution in [1.29, 1.82) is 0 Å². The van der Waals surface area contributed by atoms with Crippen molar-refractivity contribution >= 4 is 21.8 Å². The Balaban J connectivity index is 4.62. The van der Waals surface area contributed by atoms with E-state index in [1.54, 1.807) is 7.05 Å². The average molecular weight is 285 g/mol. The first-order valence-electron chi connectivity index (χ1n) is 6.17. The van der Waals surface area contributed by atoms with Crippen LogP contribution in [0.2, 0.25) is 0 Å². The molecule has 0 spiro atoms. The van der Waals surface area contributed by atoms with Crippen LogP contribution in [-0.4, -0.2) is 49.6 Å². The van der Waals surface area contributed by atoms with E-state index in [0.717, 1.165) is 6.42 Å². The lowest BCUT2D eigenvalue weighted by Crippen LogP contribution is -2.44. The number of hydrogen-bond donors (Lipinski definition) is 0. The standard InChI is InChI=1S/C11H25ClN2O2S/c1-5-11(3)10-14(6-2)17(15,16)13(4)9-7-8-12/h11H,5-10H2,1-4H3. The fraction of sp³-hybridized carbons (Fsp3) is 1.00. The van der Waals surface area contributed by atoms with Gasteiger partial charge in [-0.15, -0.1) is 11.6 Å². The molecular weight excluding hydrogens is 260 g/mol. The molecule has 0 saturated carbocycles. The minimum atomic E-state index is -3.32. The summed E-state index contributed by atoms with van der Waals surface area (Å²) in [6.07, 6.45) is 1.66. The van der Waals surface area contributed by atoms with E-state index >= 15 is 0 Å². The van der Waals surface area contributed by atoms with Crippen molar-refractivity contribution in [3.63, 3.8) is 0 Å². The van der Waals surface area contributed by atoms with Gasteiger partial charge in [0.2, 0.25) is 0 Å². The van der Waals surface area contributed by atoms with Crippen molar-refractivity contribution in [2.45, 2.75) is 33.6 Å². The van der Waals surface area contributed by atoms with Crippen LogP contribution in [-0.2, 0) is 10.2 Å². The highest BCUT2D eigenvalue weighted by Crippen LogP contribution is 2.12. The molecule has 0 N–H and O–H groups in total. The smallest absolute Gasteiger partial charge is 0.195 e. The zero-order chi connectivity index (χ0) is 13.5. The van der Waals surface area contributed by atoms with Gasteiger partial charge >= 0.3 is 0 Å². The van der Waals surface area contributed by atoms with Gasteiger partial charge in [-0.3, -0.25) is 0 Å². The second-order valence-corrected chi connectivity index (χ2v) is 6.75. The molecule has 0 aliphatic rings. The Labute approximate surface area is 111 Å². The zero-order valence-corrected chi connectivity index (χ0v) is 12.9. The third-order valence-corrected chi connectivity index (χ3v) is 5.19. The SMILES string of the molecule is CCC(C)CN(CC)S(=O)(=O)N(C)CCCCl. The first-order valence-corrected chi connectivity index (χ1v) is 8.10. The molecular formula is C11H25ClN2O2S. The summed E-state index contributed by atoms with van der Waals surface area (Å²) in [5.41, 5.74) is 0. The van der Waals surface area contributed by atoms with Crippen LogP contribution in [0.5, 0.6) is 0 Å². The maximum Gasteiger partial charge on any atom is 0.281 e. The molecule has 1 unspecified atom stereocenters. The third kappa shape index (κ3) is 5.55. The molecule has 6 heteroatoms. The van der Waals surface area contributed by atoms with E-state index in [0.29, 0.717) is 37.9 Å². The lowest BCUT2D eigenvalue weighted by atomic mass is 10.1. The normalized spacial score (nSPS) is 14.5. The quantitative estimate of drug-likeness (QED) is 0.609. The molecule has 104 valence electrons. The maximum atomic E-state index is 12.2. The Bertz CT molecular complexity index is 296. The Morgan fingerprint density at radius 3 is 2.29 bits per heavy atom. The third-order valence-electron chi connectivity index (χ3n) is 2.89. The van der Waals surface area contributed by atoms with Crippen molar-refractivity contribution in [2.24, 2.45) is 5.92 Å². The van der Waals surface area contributed by atoms with E-state index in [1.165, 1.54) is 8.61 Å². The molecule has 0 fully saturated rings. The summed E-state index contributed by atoms with van der Waals surface area (Å²) in [6, 6.07) is 0. The summed E-state index contributed by atoms with van der Waals surface area (Å²) in [5, 5.41) is 0. The molecule has 0 saturated heterocycles. The molecule has 1 atom stereocenters. The van der Waals surface area contributed by atoms with Gasteiger partial charge in [0, 0.05) is 32.6 Å². The number of alkyl halides is 1. The van der Waals surface area contributed by atoms with Crippen molar-refractivity contribution in [2.75, 3.05) is 32.6 Å². The van der Waals surface area contributed by atoms with Crippen molar-refractivity contribution < 1.29 is 8.42 Å². The van der Waals surface area contributed by atoms with E-state index in [2.05, 4.69) is 13.8 Å². The molecule has 0 aliphatic heterocycles. The Morgan fingerprint density at radius 2 is 1.88 bits per heavy atom. The Hall–Kier alpha value is 0.160. The van der Waals surface area contributed by atoms with Gasteiger partial charge in [-0.1, -0.05) is 27.2 Å². The predicted octanol–water partition coefficient (Wildman–Crippen LogP) is 2.16. The van der Waals surface area contributed by atoms with E-state index in [1.807, 2.05) is 6.92 Å². The van der Waals surface area contributed by atoms with Gasteiger partial charge in [0.05, 0.1) is 0 Å². The van der Waals surface area contributed by atoms with Crippen LogP contribution >= 0.6 is 11.6 Å². The van der Waals surface area contributed by atoms with Gasteiger partial charge in [-0.2, -0.15) is 17.0 Å². The van der Waals surface area contributed by atoms with Gasteiger partial charge in [0.25, 0.3) is 10.2 Å². The van der Waals surface area contributed by atoms with Gasteiger partial charge in [-0.05, 0) is 12.3 Å². The molecule has 4 nitrogen and oxygen atoms in total. The molecule has 0 aromatic heterocycles. The number of halogens is 1. The van der Waals surface area contributed by atoms with Gasteiger partial charge in [0.1, 0.15) is 0 Å². The van der Waals surface area contributed by atoms with E-state index in [-0.39, 0.29) is 0 Å². The van der Waals surface area contributed by atoms with Gasteiger partial charge < -0.3 is 0 Å². The second-order valence-electron chi connectivity index (χ2n) is 4.34. The van der Waals surface area contributed by atoms with E-state index in [9.17, 15) is 8.42 Å². The molecule has 0 rings (SSSR count). The zero-order valence-electron chi connectivity index (χ0n) is 11.3. The molecule has 0 aliphatic carbocycles. The van der Waals surface area contributed by atoms with Gasteiger partial charge in [0.15, 0.2) is 0 Å². The first kappa shape index (κ1) is 17.2. The average Bonchev–Trinajstić information content (AvgIpc) is 2.31. The molecule has 0 amide bonds. The van der Waals surface area contributed by atoms with Gasteiger partial charge in [-0.25, -0.2) is 0 Å². The molecule has 17 heavy (non-hydrogen) atoms. The highest BCUT2D eigenvalue weighted by molar-refractivity contribution is 7.86. The van der Waals surface area contributed by atoms with Crippen LogP contribution in [0.15, 0.2) is 0 Å². The lowest BCUT2D eigenvalue weighted by Gasteiger charge is -2.28. The van der Waals surface area contributed by atoms with Crippen LogP contribution in [0.3, 0.4) is 0 Å². The number of hydrogen-bond acceptors (Lipinski definition) is 2. The largest absolute Gasteiger partial charge is 0.281 e. The highest BCUT2D eigenvalue weighted by Gasteiger charge is 2.26. The molecule has 0 radical (unpaired) electrons. The highest BCUT2D eigenvalue weighted by atomic mass is 35.5. The Kier molecular flexibility index (Phi) is 8.37. The van der Waals surface area contributed by atoms with E-state index < -0.39 is 10.2 Å². The van der Waals surface area contributed by atoms with Crippen molar-refractivity contribution in [3.05, 3.63) is 0 Å². The minimum absolute atomic E-state index is 0.381. The summed E-state index contributed by atoms with van der Waals surface area (Å²) in [5.74, 6) is 0.864. The maximum absolute atomic E-state index is 12.2. The summed E-state index contributed by atoms with van der Waals surface area (Å²) in [6.45, 7) is 7.58. The monoisotopic (exact) mass is 284 g/mol. The lowest BCUT2D eigenvalue weighted by molar-refractivity contribution is 0.328. The molecule has 0 aromatic rings. The topological polar surface area (TPSA) is 40.6 Å². The van der Waals surface area contributed by atoms with Crippen LogP contribution in [0.25, 0.3) is 0 Å². The van der Waals surface area contributed by atoms with Crippen LogP contribution < -0.4 is 0 Å². The van der Waals surface area contributed by atoms with Crippen LogP contribution in [0.1, 0.15) is 33.6 Å². The van der Waals surface area contributed by atoms with Crippen molar-refractivity contribution in [1.82, 2.24) is 8.61 Å². The molecule has 0 bridgehead atoms. The predicted molar refractivity (Wildman–Crippen MR) is 73.6 cm³/mol. The number of rotatable bonds is 9. The minimum Gasteiger partial charge on any atom is -0.195 e.